The maximum absolute atomic E-state index is 13.6. The number of para-hydroxylation sites is 1. The Hall–Kier alpha value is -4.23. The number of amides is 1. The maximum Gasteiger partial charge on any atom is 0.253 e. The Balaban J connectivity index is 1.18. The molecule has 1 aliphatic rings. The Kier molecular flexibility index (Phi) is 7.70. The molecule has 2 aromatic heterocycles. The summed E-state index contributed by atoms with van der Waals surface area (Å²) in [5.41, 5.74) is 7.86. The van der Waals surface area contributed by atoms with E-state index in [2.05, 4.69) is 94.2 Å². The van der Waals surface area contributed by atoms with E-state index in [4.69, 9.17) is 0 Å². The van der Waals surface area contributed by atoms with Crippen molar-refractivity contribution in [1.29, 1.82) is 0 Å². The SMILES string of the molecule is CC(C)c1[nH]c2ccc(C(=O)N3CCN(c4ccccc4)CC3)cc2c1CCN(C)Cc1cccc2ncncc12. The lowest BCUT2D eigenvalue weighted by molar-refractivity contribution is 0.0747. The van der Waals surface area contributed by atoms with Gasteiger partial charge in [-0.05, 0) is 66.9 Å². The quantitative estimate of drug-likeness (QED) is 0.264. The van der Waals surface area contributed by atoms with Crippen molar-refractivity contribution in [2.45, 2.75) is 32.7 Å². The van der Waals surface area contributed by atoms with Crippen molar-refractivity contribution < 1.29 is 4.79 Å². The van der Waals surface area contributed by atoms with E-state index in [0.717, 1.165) is 73.1 Å². The van der Waals surface area contributed by atoms with Crippen LogP contribution in [0.5, 0.6) is 0 Å². The predicted molar refractivity (Wildman–Crippen MR) is 167 cm³/mol. The second-order valence-corrected chi connectivity index (χ2v) is 11.4. The van der Waals surface area contributed by atoms with Gasteiger partial charge in [0.2, 0.25) is 0 Å². The smallest absolute Gasteiger partial charge is 0.253 e. The van der Waals surface area contributed by atoms with E-state index in [9.17, 15) is 4.79 Å². The lowest BCUT2D eigenvalue weighted by atomic mass is 9.99. The van der Waals surface area contributed by atoms with E-state index in [1.54, 1.807) is 6.33 Å². The second kappa shape index (κ2) is 11.7. The van der Waals surface area contributed by atoms with Crippen LogP contribution in [-0.2, 0) is 13.0 Å². The van der Waals surface area contributed by atoms with Crippen LogP contribution in [0.3, 0.4) is 0 Å². The monoisotopic (exact) mass is 546 g/mol. The summed E-state index contributed by atoms with van der Waals surface area (Å²) in [7, 11) is 2.16. The van der Waals surface area contributed by atoms with Gasteiger partial charge in [-0.25, -0.2) is 9.97 Å². The van der Waals surface area contributed by atoms with Crippen molar-refractivity contribution in [3.05, 3.63) is 102 Å². The van der Waals surface area contributed by atoms with Crippen LogP contribution in [-0.4, -0.2) is 70.4 Å². The van der Waals surface area contributed by atoms with Crippen molar-refractivity contribution in [3.8, 4) is 0 Å². The Labute approximate surface area is 241 Å². The molecule has 7 heteroatoms. The van der Waals surface area contributed by atoms with Crippen molar-refractivity contribution >= 4 is 33.4 Å². The third-order valence-electron chi connectivity index (χ3n) is 8.28. The van der Waals surface area contributed by atoms with Crippen molar-refractivity contribution in [2.75, 3.05) is 44.7 Å². The van der Waals surface area contributed by atoms with Crippen LogP contribution in [0.25, 0.3) is 21.8 Å². The fourth-order valence-electron chi connectivity index (χ4n) is 6.03. The number of aromatic amines is 1. The Morgan fingerprint density at radius 1 is 0.976 bits per heavy atom. The minimum absolute atomic E-state index is 0.119. The molecular weight excluding hydrogens is 508 g/mol. The molecule has 41 heavy (non-hydrogen) atoms. The zero-order valence-corrected chi connectivity index (χ0v) is 24.2. The van der Waals surface area contributed by atoms with Crippen LogP contribution in [0.1, 0.15) is 46.9 Å². The van der Waals surface area contributed by atoms with Gasteiger partial charge < -0.3 is 19.7 Å². The molecular formula is C34H38N6O. The van der Waals surface area contributed by atoms with Gasteiger partial charge in [0.25, 0.3) is 5.91 Å². The van der Waals surface area contributed by atoms with Crippen LogP contribution in [0.4, 0.5) is 5.69 Å². The Morgan fingerprint density at radius 3 is 2.56 bits per heavy atom. The number of fused-ring (bicyclic) bond motifs is 2. The number of benzene rings is 3. The summed E-state index contributed by atoms with van der Waals surface area (Å²) >= 11 is 0. The minimum atomic E-state index is 0.119. The van der Waals surface area contributed by atoms with Gasteiger partial charge in [0.1, 0.15) is 6.33 Å². The molecule has 0 bridgehead atoms. The summed E-state index contributed by atoms with van der Waals surface area (Å²) in [6, 6.07) is 22.9. The number of rotatable bonds is 8. The van der Waals surface area contributed by atoms with Crippen LogP contribution in [0.15, 0.2) is 79.3 Å². The number of H-pyrrole nitrogens is 1. The van der Waals surface area contributed by atoms with E-state index in [1.165, 1.54) is 22.5 Å². The summed E-state index contributed by atoms with van der Waals surface area (Å²) in [6.45, 7) is 9.33. The van der Waals surface area contributed by atoms with Gasteiger partial charge in [0.15, 0.2) is 0 Å². The number of hydrogen-bond acceptors (Lipinski definition) is 5. The second-order valence-electron chi connectivity index (χ2n) is 11.4. The molecule has 1 N–H and O–H groups in total. The molecule has 0 saturated carbocycles. The first-order chi connectivity index (χ1) is 20.0. The highest BCUT2D eigenvalue weighted by atomic mass is 16.2. The van der Waals surface area contributed by atoms with Gasteiger partial charge >= 0.3 is 0 Å². The van der Waals surface area contributed by atoms with Crippen LogP contribution in [0.2, 0.25) is 0 Å². The molecule has 3 heterocycles. The lowest BCUT2D eigenvalue weighted by Crippen LogP contribution is -2.48. The summed E-state index contributed by atoms with van der Waals surface area (Å²) in [6.07, 6.45) is 4.41. The maximum atomic E-state index is 13.6. The fraction of sp³-hybridized carbons (Fsp3) is 0.324. The van der Waals surface area contributed by atoms with E-state index >= 15 is 0 Å². The number of likely N-dealkylation sites (N-methyl/N-ethyl adjacent to an activating group) is 1. The Bertz CT molecular complexity index is 1650. The number of carbonyl (C=O) groups excluding carboxylic acids is 1. The van der Waals surface area contributed by atoms with Gasteiger partial charge in [0.05, 0.1) is 5.52 Å². The van der Waals surface area contributed by atoms with Gasteiger partial charge in [-0.2, -0.15) is 0 Å². The number of carbonyl (C=O) groups is 1. The van der Waals surface area contributed by atoms with Crippen molar-refractivity contribution in [3.63, 3.8) is 0 Å². The van der Waals surface area contributed by atoms with Crippen LogP contribution < -0.4 is 4.90 Å². The standard InChI is InChI=1S/C34H38N6O/c1-24(2)33-28(14-15-38(3)22-26-8-7-11-31-30(26)21-35-23-36-31)29-20-25(12-13-32(29)37-33)34(41)40-18-16-39(17-19-40)27-9-5-4-6-10-27/h4-13,20-21,23-24,37H,14-19,22H2,1-3H3. The Morgan fingerprint density at radius 2 is 1.78 bits per heavy atom. The summed E-state index contributed by atoms with van der Waals surface area (Å²) < 4.78 is 0. The number of anilines is 1. The normalized spacial score (nSPS) is 14.1. The molecule has 1 amide bonds. The average molecular weight is 547 g/mol. The van der Waals surface area contributed by atoms with Crippen LogP contribution in [0, 0.1) is 0 Å². The molecule has 3 aromatic carbocycles. The molecule has 7 nitrogen and oxygen atoms in total. The zero-order valence-electron chi connectivity index (χ0n) is 24.2. The number of nitrogens with one attached hydrogen (secondary N) is 1. The third kappa shape index (κ3) is 5.68. The number of piperazine rings is 1. The summed E-state index contributed by atoms with van der Waals surface area (Å²) in [5.74, 6) is 0.483. The molecule has 0 aliphatic carbocycles. The molecule has 0 radical (unpaired) electrons. The topological polar surface area (TPSA) is 68.4 Å². The largest absolute Gasteiger partial charge is 0.368 e. The first-order valence-electron chi connectivity index (χ1n) is 14.6. The molecule has 5 aromatic rings. The van der Waals surface area contributed by atoms with E-state index in [-0.39, 0.29) is 5.91 Å². The van der Waals surface area contributed by atoms with Gasteiger partial charge in [-0.1, -0.05) is 44.2 Å². The first kappa shape index (κ1) is 27.0. The molecule has 1 saturated heterocycles. The molecule has 1 aliphatic heterocycles. The first-order valence-corrected chi connectivity index (χ1v) is 14.6. The number of hydrogen-bond donors (Lipinski definition) is 1. The van der Waals surface area contributed by atoms with Gasteiger partial charge in [0, 0.05) is 78.7 Å². The van der Waals surface area contributed by atoms with Crippen molar-refractivity contribution in [2.24, 2.45) is 0 Å². The fourth-order valence-corrected chi connectivity index (χ4v) is 6.03. The molecule has 1 fully saturated rings. The minimum Gasteiger partial charge on any atom is -0.368 e. The number of aromatic nitrogens is 3. The summed E-state index contributed by atoms with van der Waals surface area (Å²) in [4.78, 5) is 32.6. The van der Waals surface area contributed by atoms with Gasteiger partial charge in [-0.3, -0.25) is 4.79 Å². The van der Waals surface area contributed by atoms with Gasteiger partial charge in [-0.15, -0.1) is 0 Å². The third-order valence-corrected chi connectivity index (χ3v) is 8.28. The van der Waals surface area contributed by atoms with E-state index < -0.39 is 0 Å². The highest BCUT2D eigenvalue weighted by Crippen LogP contribution is 2.30. The highest BCUT2D eigenvalue weighted by molar-refractivity contribution is 5.99. The molecule has 6 rings (SSSR count). The van der Waals surface area contributed by atoms with E-state index in [0.29, 0.717) is 5.92 Å². The zero-order chi connectivity index (χ0) is 28.3. The molecule has 210 valence electrons. The van der Waals surface area contributed by atoms with Crippen molar-refractivity contribution in [1.82, 2.24) is 24.8 Å². The molecule has 0 unspecified atom stereocenters. The number of nitrogens with zero attached hydrogens (tertiary/aromatic N) is 5. The molecule has 0 atom stereocenters. The summed E-state index contributed by atoms with van der Waals surface area (Å²) in [5, 5.41) is 2.26. The lowest BCUT2D eigenvalue weighted by Gasteiger charge is -2.36. The average Bonchev–Trinajstić information content (AvgIpc) is 3.38. The predicted octanol–water partition coefficient (Wildman–Crippen LogP) is 5.87. The van der Waals surface area contributed by atoms with Crippen LogP contribution >= 0.6 is 0 Å². The highest BCUT2D eigenvalue weighted by Gasteiger charge is 2.24. The van der Waals surface area contributed by atoms with E-state index in [1.807, 2.05) is 29.3 Å². The molecule has 0 spiro atoms.